The van der Waals surface area contributed by atoms with E-state index in [1.165, 1.54) is 0 Å². The lowest BCUT2D eigenvalue weighted by molar-refractivity contribution is -0.121. The third kappa shape index (κ3) is 2.68. The highest BCUT2D eigenvalue weighted by atomic mass is 16.3. The van der Waals surface area contributed by atoms with E-state index in [4.69, 9.17) is 5.11 Å². The molecule has 0 saturated carbocycles. The first-order valence-electron chi connectivity index (χ1n) is 6.01. The molecule has 1 heterocycles. The molecular weight excluding hydrogens is 230 g/mol. The van der Waals surface area contributed by atoms with Gasteiger partial charge in [-0.3, -0.25) is 9.48 Å². The van der Waals surface area contributed by atoms with E-state index >= 15 is 0 Å². The van der Waals surface area contributed by atoms with Gasteiger partial charge in [0.05, 0.1) is 24.9 Å². The summed E-state index contributed by atoms with van der Waals surface area (Å²) in [4.78, 5) is 11.5. The number of rotatable bonds is 5. The summed E-state index contributed by atoms with van der Waals surface area (Å²) in [5, 5.41) is 16.6. The van der Waals surface area contributed by atoms with Crippen molar-refractivity contribution in [1.82, 2.24) is 15.1 Å². The van der Waals surface area contributed by atoms with Gasteiger partial charge in [0.2, 0.25) is 5.91 Å². The van der Waals surface area contributed by atoms with Crippen LogP contribution in [0.1, 0.15) is 12.0 Å². The van der Waals surface area contributed by atoms with E-state index in [9.17, 15) is 4.79 Å². The van der Waals surface area contributed by atoms with Crippen LogP contribution in [0.4, 0.5) is 0 Å². The highest BCUT2D eigenvalue weighted by molar-refractivity contribution is 5.82. The van der Waals surface area contributed by atoms with E-state index in [1.54, 1.807) is 0 Å². The maximum absolute atomic E-state index is 11.5. The van der Waals surface area contributed by atoms with Crippen LogP contribution in [0.5, 0.6) is 0 Å². The second-order valence-corrected chi connectivity index (χ2v) is 4.20. The van der Waals surface area contributed by atoms with Crippen LogP contribution in [-0.2, 0) is 11.3 Å². The molecule has 0 bridgehead atoms. The molecule has 0 atom stereocenters. The molecule has 1 amide bonds. The molecule has 2 N–H and O–H groups in total. The Balaban J connectivity index is 2.06. The van der Waals surface area contributed by atoms with Crippen LogP contribution in [0.2, 0.25) is 0 Å². The molecule has 0 saturated heterocycles. The van der Waals surface area contributed by atoms with E-state index in [1.807, 2.05) is 36.0 Å². The summed E-state index contributed by atoms with van der Waals surface area (Å²) in [6.45, 7) is 2.85. The van der Waals surface area contributed by atoms with E-state index in [2.05, 4.69) is 10.4 Å². The molecule has 2 aromatic rings. The zero-order chi connectivity index (χ0) is 13.0. The molecule has 5 heteroatoms. The predicted molar refractivity (Wildman–Crippen MR) is 69.2 cm³/mol. The number of carbonyl (C=O) groups excluding carboxylic acids is 1. The molecule has 1 aromatic carbocycles. The number of carbonyl (C=O) groups is 1. The van der Waals surface area contributed by atoms with Gasteiger partial charge in [-0.05, 0) is 12.5 Å². The number of aliphatic hydroxyl groups is 1. The smallest absolute Gasteiger partial charge is 0.221 e. The van der Waals surface area contributed by atoms with Gasteiger partial charge in [0.1, 0.15) is 0 Å². The lowest BCUT2D eigenvalue weighted by Crippen LogP contribution is -2.27. The molecule has 0 unspecified atom stereocenters. The maximum atomic E-state index is 11.5. The summed E-state index contributed by atoms with van der Waals surface area (Å²) in [7, 11) is 0. The first-order valence-corrected chi connectivity index (χ1v) is 6.01. The molecule has 96 valence electrons. The van der Waals surface area contributed by atoms with Gasteiger partial charge in [-0.2, -0.15) is 5.10 Å². The Kier molecular flexibility index (Phi) is 3.94. The Bertz CT molecular complexity index is 548. The summed E-state index contributed by atoms with van der Waals surface area (Å²) < 4.78 is 1.85. The van der Waals surface area contributed by atoms with Crippen molar-refractivity contribution in [3.8, 4) is 0 Å². The number of aryl methyl sites for hydroxylation is 2. The fraction of sp³-hybridized carbons (Fsp3) is 0.385. The fourth-order valence-corrected chi connectivity index (χ4v) is 1.99. The fourth-order valence-electron chi connectivity index (χ4n) is 1.99. The Hall–Kier alpha value is -1.88. The van der Waals surface area contributed by atoms with Crippen molar-refractivity contribution in [2.45, 2.75) is 19.9 Å². The topological polar surface area (TPSA) is 67.2 Å². The largest absolute Gasteiger partial charge is 0.395 e. The number of nitrogens with one attached hydrogen (secondary N) is 1. The van der Waals surface area contributed by atoms with Crippen molar-refractivity contribution >= 4 is 16.8 Å². The quantitative estimate of drug-likeness (QED) is 0.823. The van der Waals surface area contributed by atoms with Gasteiger partial charge in [0, 0.05) is 18.4 Å². The van der Waals surface area contributed by atoms with Gasteiger partial charge in [0.15, 0.2) is 0 Å². The molecule has 0 aliphatic carbocycles. The number of amides is 1. The van der Waals surface area contributed by atoms with Gasteiger partial charge in [-0.1, -0.05) is 18.2 Å². The summed E-state index contributed by atoms with van der Waals surface area (Å²) in [5.74, 6) is -0.0683. The standard InChI is InChI=1S/C13H17N3O2/c1-10-3-2-4-11-9-15-16(13(10)11)7-5-12(18)14-6-8-17/h2-4,9,17H,5-8H2,1H3,(H,14,18). The number of aliphatic hydroxyl groups excluding tert-OH is 1. The van der Waals surface area contributed by atoms with Crippen molar-refractivity contribution < 1.29 is 9.90 Å². The van der Waals surface area contributed by atoms with Crippen LogP contribution in [0.15, 0.2) is 24.4 Å². The average molecular weight is 247 g/mol. The Labute approximate surface area is 105 Å². The number of fused-ring (bicyclic) bond motifs is 1. The van der Waals surface area contributed by atoms with Crippen LogP contribution in [-0.4, -0.2) is 33.9 Å². The molecule has 0 fully saturated rings. The number of para-hydroxylation sites is 1. The molecule has 18 heavy (non-hydrogen) atoms. The van der Waals surface area contributed by atoms with Crippen molar-refractivity contribution in [2.75, 3.05) is 13.2 Å². The number of nitrogens with zero attached hydrogens (tertiary/aromatic N) is 2. The first kappa shape index (κ1) is 12.6. The van der Waals surface area contributed by atoms with Crippen molar-refractivity contribution in [2.24, 2.45) is 0 Å². The summed E-state index contributed by atoms with van der Waals surface area (Å²) in [5.41, 5.74) is 2.23. The van der Waals surface area contributed by atoms with E-state index in [-0.39, 0.29) is 12.5 Å². The van der Waals surface area contributed by atoms with Crippen LogP contribution in [0.3, 0.4) is 0 Å². The highest BCUT2D eigenvalue weighted by Crippen LogP contribution is 2.17. The van der Waals surface area contributed by atoms with Gasteiger partial charge in [-0.15, -0.1) is 0 Å². The molecule has 0 aliphatic rings. The first-order chi connectivity index (χ1) is 8.72. The third-order valence-electron chi connectivity index (χ3n) is 2.85. The zero-order valence-electron chi connectivity index (χ0n) is 10.4. The number of hydrogen-bond donors (Lipinski definition) is 2. The third-order valence-corrected chi connectivity index (χ3v) is 2.85. The second-order valence-electron chi connectivity index (χ2n) is 4.20. The van der Waals surface area contributed by atoms with Crippen molar-refractivity contribution in [3.63, 3.8) is 0 Å². The van der Waals surface area contributed by atoms with Crippen LogP contribution in [0.25, 0.3) is 10.9 Å². The monoisotopic (exact) mass is 247 g/mol. The van der Waals surface area contributed by atoms with Crippen LogP contribution >= 0.6 is 0 Å². The lowest BCUT2D eigenvalue weighted by Gasteiger charge is -2.06. The summed E-state index contributed by atoms with van der Waals surface area (Å²) >= 11 is 0. The summed E-state index contributed by atoms with van der Waals surface area (Å²) in [6, 6.07) is 6.04. The van der Waals surface area contributed by atoms with Crippen LogP contribution in [0, 0.1) is 6.92 Å². The zero-order valence-corrected chi connectivity index (χ0v) is 10.4. The highest BCUT2D eigenvalue weighted by Gasteiger charge is 2.07. The number of aromatic nitrogens is 2. The maximum Gasteiger partial charge on any atom is 0.221 e. The number of benzene rings is 1. The Morgan fingerprint density at radius 3 is 3.11 bits per heavy atom. The predicted octanol–water partition coefficient (Wildman–Crippen LogP) is 0.843. The molecular formula is C13H17N3O2. The SMILES string of the molecule is Cc1cccc2cnn(CCC(=O)NCCO)c12. The van der Waals surface area contributed by atoms with Gasteiger partial charge >= 0.3 is 0 Å². The molecule has 0 spiro atoms. The Morgan fingerprint density at radius 2 is 2.33 bits per heavy atom. The van der Waals surface area contributed by atoms with Crippen molar-refractivity contribution in [3.05, 3.63) is 30.0 Å². The van der Waals surface area contributed by atoms with Gasteiger partial charge in [0.25, 0.3) is 0 Å². The second kappa shape index (κ2) is 5.64. The Morgan fingerprint density at radius 1 is 1.50 bits per heavy atom. The molecule has 5 nitrogen and oxygen atoms in total. The molecule has 0 aliphatic heterocycles. The molecule has 2 rings (SSSR count). The number of hydrogen-bond acceptors (Lipinski definition) is 3. The normalized spacial score (nSPS) is 10.8. The average Bonchev–Trinajstić information content (AvgIpc) is 2.78. The minimum absolute atomic E-state index is 0.0322. The summed E-state index contributed by atoms with van der Waals surface area (Å²) in [6.07, 6.45) is 2.18. The molecule has 1 aromatic heterocycles. The van der Waals surface area contributed by atoms with Crippen molar-refractivity contribution in [1.29, 1.82) is 0 Å². The van der Waals surface area contributed by atoms with E-state index in [0.717, 1.165) is 16.5 Å². The lowest BCUT2D eigenvalue weighted by atomic mass is 10.2. The van der Waals surface area contributed by atoms with Crippen LogP contribution < -0.4 is 5.32 Å². The minimum Gasteiger partial charge on any atom is -0.395 e. The van der Waals surface area contributed by atoms with E-state index in [0.29, 0.717) is 19.5 Å². The van der Waals surface area contributed by atoms with E-state index < -0.39 is 0 Å². The van der Waals surface area contributed by atoms with Gasteiger partial charge < -0.3 is 10.4 Å². The minimum atomic E-state index is -0.0683. The molecule has 0 radical (unpaired) electrons. The van der Waals surface area contributed by atoms with Gasteiger partial charge in [-0.25, -0.2) is 0 Å².